The summed E-state index contributed by atoms with van der Waals surface area (Å²) < 4.78 is 11.6. The minimum atomic E-state index is 0.743. The molecular formula is C16H19BrN2O2. The van der Waals surface area contributed by atoms with Crippen molar-refractivity contribution in [3.05, 3.63) is 40.6 Å². The van der Waals surface area contributed by atoms with Gasteiger partial charge in [-0.25, -0.2) is 0 Å². The topological polar surface area (TPSA) is 43.4 Å². The van der Waals surface area contributed by atoms with Gasteiger partial charge in [-0.1, -0.05) is 6.92 Å². The maximum absolute atomic E-state index is 5.52. The summed E-state index contributed by atoms with van der Waals surface area (Å²) in [6, 6.07) is 6.02. The molecule has 0 unspecified atom stereocenters. The van der Waals surface area contributed by atoms with E-state index in [0.29, 0.717) is 0 Å². The number of methoxy groups -OCH3 is 2. The van der Waals surface area contributed by atoms with Gasteiger partial charge in [-0.05, 0) is 46.2 Å². The van der Waals surface area contributed by atoms with Crippen molar-refractivity contribution >= 4 is 15.9 Å². The van der Waals surface area contributed by atoms with Gasteiger partial charge in [0, 0.05) is 30.1 Å². The van der Waals surface area contributed by atoms with E-state index in [1.165, 1.54) is 0 Å². The third-order valence-corrected chi connectivity index (χ3v) is 3.92. The first-order chi connectivity index (χ1) is 10.2. The van der Waals surface area contributed by atoms with Gasteiger partial charge >= 0.3 is 0 Å². The van der Waals surface area contributed by atoms with Crippen molar-refractivity contribution in [1.29, 1.82) is 0 Å². The lowest BCUT2D eigenvalue weighted by molar-refractivity contribution is 0.390. The predicted molar refractivity (Wildman–Crippen MR) is 87.9 cm³/mol. The number of nitrogens with zero attached hydrogens (tertiary/aromatic N) is 1. The molecular weight excluding hydrogens is 332 g/mol. The summed E-state index contributed by atoms with van der Waals surface area (Å²) in [6.07, 6.45) is 3.71. The molecule has 0 aliphatic rings. The van der Waals surface area contributed by atoms with E-state index in [-0.39, 0.29) is 0 Å². The average molecular weight is 351 g/mol. The lowest BCUT2D eigenvalue weighted by Gasteiger charge is -2.14. The van der Waals surface area contributed by atoms with Gasteiger partial charge in [0.2, 0.25) is 0 Å². The molecule has 0 fully saturated rings. The molecule has 2 aromatic rings. The first-order valence-electron chi connectivity index (χ1n) is 6.76. The van der Waals surface area contributed by atoms with Crippen LogP contribution in [0.4, 0.5) is 0 Å². The van der Waals surface area contributed by atoms with Crippen molar-refractivity contribution in [2.75, 3.05) is 20.8 Å². The van der Waals surface area contributed by atoms with Crippen molar-refractivity contribution in [2.45, 2.75) is 13.5 Å². The molecule has 0 saturated heterocycles. The molecule has 1 aromatic heterocycles. The fourth-order valence-electron chi connectivity index (χ4n) is 2.12. The molecule has 5 heteroatoms. The third kappa shape index (κ3) is 3.54. The molecule has 1 N–H and O–H groups in total. The first kappa shape index (κ1) is 15.8. The van der Waals surface area contributed by atoms with Gasteiger partial charge in [-0.2, -0.15) is 0 Å². The highest BCUT2D eigenvalue weighted by Crippen LogP contribution is 2.41. The van der Waals surface area contributed by atoms with Gasteiger partial charge in [-0.15, -0.1) is 0 Å². The van der Waals surface area contributed by atoms with Crippen LogP contribution in [0.25, 0.3) is 11.1 Å². The molecule has 2 rings (SSSR count). The zero-order valence-corrected chi connectivity index (χ0v) is 14.0. The largest absolute Gasteiger partial charge is 0.495 e. The van der Waals surface area contributed by atoms with Crippen LogP contribution in [0.15, 0.2) is 35.1 Å². The fraction of sp³-hybridized carbons (Fsp3) is 0.312. The molecule has 0 aliphatic carbocycles. The molecule has 0 atom stereocenters. The Morgan fingerprint density at radius 2 is 2.00 bits per heavy atom. The zero-order valence-electron chi connectivity index (χ0n) is 12.4. The molecule has 0 bridgehead atoms. The monoisotopic (exact) mass is 350 g/mol. The summed E-state index contributed by atoms with van der Waals surface area (Å²) >= 11 is 3.53. The van der Waals surface area contributed by atoms with E-state index < -0.39 is 0 Å². The van der Waals surface area contributed by atoms with E-state index in [1.807, 2.05) is 24.5 Å². The van der Waals surface area contributed by atoms with Crippen LogP contribution in [0.2, 0.25) is 0 Å². The Morgan fingerprint density at radius 3 is 2.67 bits per heavy atom. The summed E-state index contributed by atoms with van der Waals surface area (Å²) in [7, 11) is 3.29. The van der Waals surface area contributed by atoms with Gasteiger partial charge in [0.1, 0.15) is 16.0 Å². The number of halogens is 1. The average Bonchev–Trinajstić information content (AvgIpc) is 2.52. The smallest absolute Gasteiger partial charge is 0.144 e. The number of ether oxygens (including phenoxy) is 2. The standard InChI is InChI=1S/C16H19BrN2O2/c1-4-18-8-11-7-12(10-19-9-11)13-5-6-14(20-2)15(17)16(13)21-3/h5-7,9-10,18H,4,8H2,1-3H3. The number of benzene rings is 1. The minimum absolute atomic E-state index is 0.743. The van der Waals surface area contributed by atoms with Gasteiger partial charge in [0.25, 0.3) is 0 Å². The van der Waals surface area contributed by atoms with E-state index in [0.717, 1.165) is 45.8 Å². The van der Waals surface area contributed by atoms with Crippen molar-refractivity contribution < 1.29 is 9.47 Å². The van der Waals surface area contributed by atoms with Crippen LogP contribution in [0.3, 0.4) is 0 Å². The maximum Gasteiger partial charge on any atom is 0.144 e. The zero-order chi connectivity index (χ0) is 15.2. The van der Waals surface area contributed by atoms with E-state index >= 15 is 0 Å². The lowest BCUT2D eigenvalue weighted by Crippen LogP contribution is -2.11. The molecule has 1 heterocycles. The Morgan fingerprint density at radius 1 is 1.19 bits per heavy atom. The second-order valence-electron chi connectivity index (χ2n) is 4.52. The minimum Gasteiger partial charge on any atom is -0.495 e. The molecule has 112 valence electrons. The molecule has 0 radical (unpaired) electrons. The van der Waals surface area contributed by atoms with Crippen LogP contribution in [-0.2, 0) is 6.54 Å². The fourth-order valence-corrected chi connectivity index (χ4v) is 2.79. The number of aromatic nitrogens is 1. The number of hydrogen-bond acceptors (Lipinski definition) is 4. The highest BCUT2D eigenvalue weighted by atomic mass is 79.9. The molecule has 1 aromatic carbocycles. The number of pyridine rings is 1. The van der Waals surface area contributed by atoms with Crippen molar-refractivity contribution in [2.24, 2.45) is 0 Å². The normalized spacial score (nSPS) is 10.5. The lowest BCUT2D eigenvalue weighted by atomic mass is 10.0. The second kappa shape index (κ2) is 7.43. The van der Waals surface area contributed by atoms with Gasteiger partial charge in [-0.3, -0.25) is 4.98 Å². The van der Waals surface area contributed by atoms with Gasteiger partial charge in [0.05, 0.1) is 14.2 Å². The number of hydrogen-bond donors (Lipinski definition) is 1. The molecule has 21 heavy (non-hydrogen) atoms. The van der Waals surface area contributed by atoms with Crippen LogP contribution >= 0.6 is 15.9 Å². The highest BCUT2D eigenvalue weighted by Gasteiger charge is 2.14. The highest BCUT2D eigenvalue weighted by molar-refractivity contribution is 9.10. The SMILES string of the molecule is CCNCc1cncc(-c2ccc(OC)c(Br)c2OC)c1. The van der Waals surface area contributed by atoms with Crippen molar-refractivity contribution in [3.63, 3.8) is 0 Å². The molecule has 0 saturated carbocycles. The van der Waals surface area contributed by atoms with Crippen molar-refractivity contribution in [1.82, 2.24) is 10.3 Å². The van der Waals surface area contributed by atoms with Crippen LogP contribution in [0, 0.1) is 0 Å². The Kier molecular flexibility index (Phi) is 5.59. The van der Waals surface area contributed by atoms with Gasteiger partial charge < -0.3 is 14.8 Å². The molecule has 4 nitrogen and oxygen atoms in total. The van der Waals surface area contributed by atoms with Crippen LogP contribution in [-0.4, -0.2) is 25.7 Å². The van der Waals surface area contributed by atoms with E-state index in [9.17, 15) is 0 Å². The summed E-state index contributed by atoms with van der Waals surface area (Å²) in [5, 5.41) is 3.30. The second-order valence-corrected chi connectivity index (χ2v) is 5.32. The third-order valence-electron chi connectivity index (χ3n) is 3.17. The van der Waals surface area contributed by atoms with E-state index in [1.54, 1.807) is 14.2 Å². The quantitative estimate of drug-likeness (QED) is 0.863. The summed E-state index contributed by atoms with van der Waals surface area (Å²) in [5.41, 5.74) is 3.14. The first-order valence-corrected chi connectivity index (χ1v) is 7.56. The summed E-state index contributed by atoms with van der Waals surface area (Å²) in [6.45, 7) is 3.82. The van der Waals surface area contributed by atoms with E-state index in [4.69, 9.17) is 9.47 Å². The van der Waals surface area contributed by atoms with Crippen LogP contribution < -0.4 is 14.8 Å². The maximum atomic E-state index is 5.52. The molecule has 0 spiro atoms. The number of rotatable bonds is 6. The Labute approximate surface area is 133 Å². The Bertz CT molecular complexity index is 617. The van der Waals surface area contributed by atoms with Crippen molar-refractivity contribution in [3.8, 4) is 22.6 Å². The van der Waals surface area contributed by atoms with Crippen LogP contribution in [0.1, 0.15) is 12.5 Å². The Hall–Kier alpha value is -1.59. The molecule has 0 amide bonds. The summed E-state index contributed by atoms with van der Waals surface area (Å²) in [5.74, 6) is 1.49. The Balaban J connectivity index is 2.44. The predicted octanol–water partition coefficient (Wildman–Crippen LogP) is 3.64. The summed E-state index contributed by atoms with van der Waals surface area (Å²) in [4.78, 5) is 4.32. The number of nitrogens with one attached hydrogen (secondary N) is 1. The molecule has 0 aliphatic heterocycles. The van der Waals surface area contributed by atoms with E-state index in [2.05, 4.69) is 39.2 Å². The van der Waals surface area contributed by atoms with Gasteiger partial charge in [0.15, 0.2) is 0 Å². The van der Waals surface area contributed by atoms with Crippen LogP contribution in [0.5, 0.6) is 11.5 Å².